The minimum Gasteiger partial charge on any atom is -0.664 e. The summed E-state index contributed by atoms with van der Waals surface area (Å²) in [6.07, 6.45) is 24.7. The molecule has 0 aromatic carbocycles. The molecule has 8 bridgehead atoms. The molecule has 1 saturated heterocycles. The molecule has 5 heterocycles. The van der Waals surface area contributed by atoms with Crippen LogP contribution in [0, 0.1) is 56.3 Å². The molecule has 6 rings (SSSR count). The van der Waals surface area contributed by atoms with Crippen LogP contribution in [-0.2, 0) is 25.5 Å². The fourth-order valence-electron chi connectivity index (χ4n) is 9.71. The van der Waals surface area contributed by atoms with Crippen LogP contribution in [0.1, 0.15) is 167 Å². The van der Waals surface area contributed by atoms with E-state index >= 15 is 0 Å². The van der Waals surface area contributed by atoms with Crippen LogP contribution in [0.15, 0.2) is 41.8 Å². The summed E-state index contributed by atoms with van der Waals surface area (Å²) in [6.45, 7) is 25.9. The fraction of sp³-hybridized carbons (Fsp3) is 0.509. The van der Waals surface area contributed by atoms with Gasteiger partial charge in [0.2, 0.25) is 0 Å². The normalized spacial score (nSPS) is 21.8. The van der Waals surface area contributed by atoms with Crippen LogP contribution in [0.3, 0.4) is 0 Å². The molecule has 5 atom stereocenters. The van der Waals surface area contributed by atoms with E-state index in [1.807, 2.05) is 45.1 Å². The number of methoxy groups -OCH3 is 1. The molecule has 9 nitrogen and oxygen atoms in total. The number of allylic oxidation sites excluding steroid dienone is 3. The maximum Gasteiger partial charge on any atom is 2.00 e. The second-order valence-corrected chi connectivity index (χ2v) is 19.1. The summed E-state index contributed by atoms with van der Waals surface area (Å²) in [6, 6.07) is 0. The molecule has 3 aromatic heterocycles. The van der Waals surface area contributed by atoms with Crippen LogP contribution in [0.4, 0.5) is 0 Å². The van der Waals surface area contributed by atoms with Crippen molar-refractivity contribution in [1.29, 1.82) is 0 Å². The summed E-state index contributed by atoms with van der Waals surface area (Å²) in [4.78, 5) is 56.4. The van der Waals surface area contributed by atoms with Gasteiger partial charge >= 0.3 is 35.0 Å². The van der Waals surface area contributed by atoms with E-state index in [1.165, 1.54) is 57.3 Å². The third kappa shape index (κ3) is 11.5. The first kappa shape index (κ1) is 51.4. The Balaban J connectivity index is 0.00000793. The fourth-order valence-corrected chi connectivity index (χ4v) is 9.71. The number of Topliss-reactive ketones (excluding diaryl/α,β-unsaturated/α-hetero) is 1. The molecule has 344 valence electrons. The van der Waals surface area contributed by atoms with Crippen LogP contribution in [0.5, 0.6) is 0 Å². The average molecular weight is 891 g/mol. The van der Waals surface area contributed by atoms with Gasteiger partial charge in [-0.25, -0.2) is 4.79 Å². The number of hydrogen-bond donors (Lipinski definition) is 0. The van der Waals surface area contributed by atoms with Gasteiger partial charge in [-0.15, -0.1) is 39.2 Å². The first-order valence-electron chi connectivity index (χ1n) is 23.7. The van der Waals surface area contributed by atoms with E-state index in [-0.39, 0.29) is 41.4 Å². The van der Waals surface area contributed by atoms with E-state index in [9.17, 15) is 14.4 Å². The Morgan fingerprint density at radius 3 is 2.18 bits per heavy atom. The zero-order valence-corrected chi connectivity index (χ0v) is 42.4. The number of hydrogen-bond acceptors (Lipinski definition) is 5. The predicted octanol–water partition coefficient (Wildman–Crippen LogP) is 10.1. The van der Waals surface area contributed by atoms with Crippen molar-refractivity contribution in [3.63, 3.8) is 0 Å². The van der Waals surface area contributed by atoms with E-state index in [0.717, 1.165) is 75.4 Å². The molecule has 1 fully saturated rings. The Labute approximate surface area is 404 Å². The van der Waals surface area contributed by atoms with Crippen molar-refractivity contribution in [2.45, 2.75) is 133 Å². The molecule has 0 amide bonds. The van der Waals surface area contributed by atoms with Gasteiger partial charge in [-0.2, -0.15) is 5.70 Å². The molecule has 0 N–H and O–H groups in total. The molecule has 0 spiro atoms. The van der Waals surface area contributed by atoms with E-state index < -0.39 is 23.8 Å². The van der Waals surface area contributed by atoms with Gasteiger partial charge in [-0.1, -0.05) is 157 Å². The van der Waals surface area contributed by atoms with Crippen LogP contribution in [0.25, 0.3) is 35.2 Å². The van der Waals surface area contributed by atoms with Crippen LogP contribution < -0.4 is 25.7 Å². The smallest absolute Gasteiger partial charge is 0.664 e. The van der Waals surface area contributed by atoms with E-state index in [1.54, 1.807) is 6.08 Å². The molecule has 1 aliphatic carbocycles. The van der Waals surface area contributed by atoms with E-state index in [0.29, 0.717) is 51.8 Å². The van der Waals surface area contributed by atoms with Gasteiger partial charge < -0.3 is 29.7 Å². The van der Waals surface area contributed by atoms with Gasteiger partial charge in [-0.3, -0.25) is 9.59 Å². The second-order valence-electron chi connectivity index (χ2n) is 19.1. The van der Waals surface area contributed by atoms with Crippen LogP contribution >= 0.6 is 0 Å². The van der Waals surface area contributed by atoms with Crippen LogP contribution in [-0.4, -0.2) is 54.5 Å². The zero-order chi connectivity index (χ0) is 46.4. The topological polar surface area (TPSA) is 126 Å². The first-order chi connectivity index (χ1) is 30.6. The van der Waals surface area contributed by atoms with Crippen molar-refractivity contribution < 1.29 is 23.9 Å². The number of ether oxygens (including phenoxy) is 2. The van der Waals surface area contributed by atoms with Gasteiger partial charge in [0, 0.05) is 18.1 Å². The van der Waals surface area contributed by atoms with Gasteiger partial charge in [0.05, 0.1) is 13.7 Å². The van der Waals surface area contributed by atoms with Gasteiger partial charge in [0.25, 0.3) is 0 Å². The van der Waals surface area contributed by atoms with Crippen molar-refractivity contribution in [3.05, 3.63) is 114 Å². The summed E-state index contributed by atoms with van der Waals surface area (Å²) in [5.74, 6) is -1.25. The number of esters is 2. The van der Waals surface area contributed by atoms with Crippen molar-refractivity contribution in [2.75, 3.05) is 13.7 Å². The van der Waals surface area contributed by atoms with Crippen LogP contribution in [0.2, 0.25) is 0 Å². The number of carbonyl (C=O) groups is 3. The summed E-state index contributed by atoms with van der Waals surface area (Å²) in [5, 5.41) is 6.77. The molecule has 0 radical (unpaired) electrons. The number of carbonyl (C=O) groups excluding carboxylic acids is 3. The number of aromatic nitrogens is 3. The monoisotopic (exact) mass is 891 g/mol. The number of nitrogens with zero attached hydrogens (tertiary/aromatic N) is 4. The van der Waals surface area contributed by atoms with Gasteiger partial charge in [0.15, 0.2) is 5.78 Å². The quantitative estimate of drug-likeness (QED) is 0.0383. The molecule has 65 heavy (non-hydrogen) atoms. The maximum atomic E-state index is 14.3. The first-order valence-corrected chi connectivity index (χ1v) is 23.7. The van der Waals surface area contributed by atoms with Crippen molar-refractivity contribution in [3.8, 4) is 0 Å². The Kier molecular flexibility index (Phi) is 18.0. The Morgan fingerprint density at radius 1 is 0.862 bits per heavy atom. The second kappa shape index (κ2) is 22.8. The molecular formula is C55H70MgN4O5-2. The summed E-state index contributed by atoms with van der Waals surface area (Å²) in [7, 11) is 1.28. The van der Waals surface area contributed by atoms with E-state index in [2.05, 4.69) is 61.1 Å². The zero-order valence-electron chi connectivity index (χ0n) is 41.0. The molecule has 0 unspecified atom stereocenters. The van der Waals surface area contributed by atoms with Crippen molar-refractivity contribution >= 4 is 70.7 Å². The number of rotatable bonds is 19. The maximum absolute atomic E-state index is 14.3. The standard InChI is InChI=1S/C55H71N4O5.Mg/c1-13-39-35(8)42-28-44-37(10)41(24-25-48(60)64-27-26-34(7)23-17-22-33(6)21-16-20-32(5)19-15-18-31(3)4)52(58-44)50-51(55(62)63-12)54(61)49-38(11)45(59-53(49)50)30-47-40(14-2)36(9)43(57-47)29-46(39)56-42;/h13,23-25,28-33,37,41,51H,1,14-22,26-27H2,2-12H3,(H-,58,59,61);/q-3;+2/p-1/b25-24+,34-23+,43-29-,44-28-,47-30-;/t32-,33-,37+,41+,51-;/m1./s1. The summed E-state index contributed by atoms with van der Waals surface area (Å²) < 4.78 is 11.0. The van der Waals surface area contributed by atoms with E-state index in [4.69, 9.17) is 29.7 Å². The Morgan fingerprint density at radius 2 is 1.52 bits per heavy atom. The predicted molar refractivity (Wildman–Crippen MR) is 264 cm³/mol. The number of ketones is 1. The van der Waals surface area contributed by atoms with Gasteiger partial charge in [-0.05, 0) is 82.1 Å². The Bertz CT molecular complexity index is 2500. The summed E-state index contributed by atoms with van der Waals surface area (Å²) in [5.41, 5.74) is 10.3. The molecular weight excluding hydrogens is 821 g/mol. The molecule has 2 aliphatic heterocycles. The summed E-state index contributed by atoms with van der Waals surface area (Å²) >= 11 is 0. The Hall–Kier alpha value is -4.54. The van der Waals surface area contributed by atoms with Crippen molar-refractivity contribution in [2.24, 2.45) is 35.5 Å². The largest absolute Gasteiger partial charge is 2.00 e. The van der Waals surface area contributed by atoms with Crippen molar-refractivity contribution in [1.82, 2.24) is 15.0 Å². The average Bonchev–Trinajstić information content (AvgIpc) is 3.99. The third-order valence-electron chi connectivity index (χ3n) is 13.9. The molecule has 0 saturated carbocycles. The third-order valence-corrected chi connectivity index (χ3v) is 13.9. The molecule has 3 aliphatic rings. The molecule has 10 heteroatoms. The SMILES string of the molecule is C=Cc1c2[n-]c(c1C)/C=C1\[N-]/C(=C3\c4[n-]c(c(C)c4C(=O)[C@@H]3C(=O)OC)/C=c3\[n-]/c(c(C)c3CC)=C\2)[C@@H](/C=C/C(=O)OCC/C(C)=C/CC[C@H](C)CCC[C@H](C)CCCC(C)C)[C@@H]1C.[Mg+2]. The number of fused-ring (bicyclic) bond motifs is 7. The van der Waals surface area contributed by atoms with Gasteiger partial charge in [0.1, 0.15) is 5.92 Å². The minimum absolute atomic E-state index is 0. The minimum atomic E-state index is -1.25. The molecule has 3 aromatic rings.